The van der Waals surface area contributed by atoms with Crippen LogP contribution in [0.15, 0.2) is 29.2 Å². The van der Waals surface area contributed by atoms with Crippen LogP contribution in [0.2, 0.25) is 0 Å². The Morgan fingerprint density at radius 3 is 2.11 bits per heavy atom. The molecule has 0 aliphatic carbocycles. The highest BCUT2D eigenvalue weighted by molar-refractivity contribution is 7.89. The molecule has 0 atom stereocenters. The smallest absolute Gasteiger partial charge is 0.242 e. The number of hydrogen-bond donors (Lipinski definition) is 1. The van der Waals surface area contributed by atoms with Crippen molar-refractivity contribution in [1.82, 2.24) is 9.62 Å². The van der Waals surface area contributed by atoms with Crippen molar-refractivity contribution < 1.29 is 8.42 Å². The molecule has 1 rings (SSSR count). The Kier molecular flexibility index (Phi) is 5.13. The molecule has 0 aliphatic rings. The van der Waals surface area contributed by atoms with Gasteiger partial charge in [0.25, 0.3) is 0 Å². The first-order chi connectivity index (χ1) is 8.39. The average molecular weight is 271 g/mol. The van der Waals surface area contributed by atoms with Crippen LogP contribution in [0.4, 0.5) is 5.69 Å². The molecule has 1 N–H and O–H groups in total. The molecule has 0 bridgehead atoms. The molecular weight excluding hydrogens is 250 g/mol. The van der Waals surface area contributed by atoms with Crippen LogP contribution in [0.25, 0.3) is 0 Å². The lowest BCUT2D eigenvalue weighted by molar-refractivity contribution is 0.521. The largest absolute Gasteiger partial charge is 0.373 e. The van der Waals surface area contributed by atoms with Gasteiger partial charge in [0, 0.05) is 39.9 Å². The lowest BCUT2D eigenvalue weighted by Crippen LogP contribution is -2.27. The van der Waals surface area contributed by atoms with E-state index in [-0.39, 0.29) is 0 Å². The number of nitrogens with one attached hydrogen (secondary N) is 1. The van der Waals surface area contributed by atoms with E-state index in [0.29, 0.717) is 4.90 Å². The standard InChI is InChI=1S/C12H21N3O2S/c1-13-9-10-15(4)11-5-7-12(8-6-11)18(16,17)14(2)3/h5-8,13H,9-10H2,1-4H3. The van der Waals surface area contributed by atoms with Crippen molar-refractivity contribution in [1.29, 1.82) is 0 Å². The molecule has 0 unspecified atom stereocenters. The molecule has 18 heavy (non-hydrogen) atoms. The van der Waals surface area contributed by atoms with Gasteiger partial charge in [-0.25, -0.2) is 12.7 Å². The highest BCUT2D eigenvalue weighted by atomic mass is 32.2. The molecule has 0 spiro atoms. The first kappa shape index (κ1) is 14.9. The van der Waals surface area contributed by atoms with E-state index in [1.165, 1.54) is 18.4 Å². The van der Waals surface area contributed by atoms with Crippen LogP contribution >= 0.6 is 0 Å². The Morgan fingerprint density at radius 1 is 1.11 bits per heavy atom. The Labute approximate surface area is 109 Å². The van der Waals surface area contributed by atoms with Crippen molar-refractivity contribution in [2.24, 2.45) is 0 Å². The number of likely N-dealkylation sites (N-methyl/N-ethyl adjacent to an activating group) is 2. The Bertz CT molecular complexity index is 469. The van der Waals surface area contributed by atoms with Crippen LogP contribution < -0.4 is 10.2 Å². The first-order valence-corrected chi connectivity index (χ1v) is 7.22. The van der Waals surface area contributed by atoms with Gasteiger partial charge in [0.1, 0.15) is 0 Å². The fourth-order valence-corrected chi connectivity index (χ4v) is 2.39. The predicted octanol–water partition coefficient (Wildman–Crippen LogP) is 0.593. The van der Waals surface area contributed by atoms with Crippen LogP contribution in [-0.4, -0.2) is 54.0 Å². The third-order valence-corrected chi connectivity index (χ3v) is 4.58. The van der Waals surface area contributed by atoms with Crippen molar-refractivity contribution in [2.75, 3.05) is 46.2 Å². The van der Waals surface area contributed by atoms with E-state index in [1.54, 1.807) is 12.1 Å². The van der Waals surface area contributed by atoms with Gasteiger partial charge in [0.15, 0.2) is 0 Å². The summed E-state index contributed by atoms with van der Waals surface area (Å²) in [5.74, 6) is 0. The maximum absolute atomic E-state index is 11.9. The third kappa shape index (κ3) is 3.44. The number of rotatable bonds is 6. The second-order valence-corrected chi connectivity index (χ2v) is 6.46. The minimum atomic E-state index is -3.33. The third-order valence-electron chi connectivity index (χ3n) is 2.75. The Balaban J connectivity index is 2.87. The van der Waals surface area contributed by atoms with E-state index >= 15 is 0 Å². The van der Waals surface area contributed by atoms with Crippen LogP contribution in [0, 0.1) is 0 Å². The minimum absolute atomic E-state index is 0.318. The zero-order chi connectivity index (χ0) is 13.8. The molecule has 0 saturated carbocycles. The zero-order valence-corrected chi connectivity index (χ0v) is 12.2. The lowest BCUT2D eigenvalue weighted by Gasteiger charge is -2.19. The Hall–Kier alpha value is -1.11. The van der Waals surface area contributed by atoms with Gasteiger partial charge in [-0.05, 0) is 31.3 Å². The molecule has 102 valence electrons. The molecule has 0 amide bonds. The van der Waals surface area contributed by atoms with Crippen molar-refractivity contribution in [3.8, 4) is 0 Å². The monoisotopic (exact) mass is 271 g/mol. The van der Waals surface area contributed by atoms with Gasteiger partial charge in [-0.1, -0.05) is 0 Å². The SMILES string of the molecule is CNCCN(C)c1ccc(S(=O)(=O)N(C)C)cc1. The number of anilines is 1. The van der Waals surface area contributed by atoms with E-state index in [9.17, 15) is 8.42 Å². The highest BCUT2D eigenvalue weighted by Crippen LogP contribution is 2.18. The summed E-state index contributed by atoms with van der Waals surface area (Å²) in [5, 5.41) is 3.07. The number of nitrogens with zero attached hydrogens (tertiary/aromatic N) is 2. The van der Waals surface area contributed by atoms with Crippen molar-refractivity contribution in [2.45, 2.75) is 4.90 Å². The minimum Gasteiger partial charge on any atom is -0.373 e. The van der Waals surface area contributed by atoms with E-state index < -0.39 is 10.0 Å². The summed E-state index contributed by atoms with van der Waals surface area (Å²) < 4.78 is 25.0. The maximum Gasteiger partial charge on any atom is 0.242 e. The second kappa shape index (κ2) is 6.17. The van der Waals surface area contributed by atoms with Gasteiger partial charge >= 0.3 is 0 Å². The lowest BCUT2D eigenvalue weighted by atomic mass is 10.3. The summed E-state index contributed by atoms with van der Waals surface area (Å²) in [4.78, 5) is 2.39. The molecule has 0 aromatic heterocycles. The molecule has 0 saturated heterocycles. The fraction of sp³-hybridized carbons (Fsp3) is 0.500. The van der Waals surface area contributed by atoms with Crippen molar-refractivity contribution >= 4 is 15.7 Å². The summed E-state index contributed by atoms with van der Waals surface area (Å²) in [5.41, 5.74) is 1.00. The highest BCUT2D eigenvalue weighted by Gasteiger charge is 2.16. The summed E-state index contributed by atoms with van der Waals surface area (Å²) in [6.07, 6.45) is 0. The zero-order valence-electron chi connectivity index (χ0n) is 11.3. The van der Waals surface area contributed by atoms with E-state index in [2.05, 4.69) is 10.2 Å². The van der Waals surface area contributed by atoms with Gasteiger partial charge < -0.3 is 10.2 Å². The number of benzene rings is 1. The summed E-state index contributed by atoms with van der Waals surface area (Å²) in [7, 11) is 3.61. The topological polar surface area (TPSA) is 52.7 Å². The van der Waals surface area contributed by atoms with E-state index in [4.69, 9.17) is 0 Å². The van der Waals surface area contributed by atoms with Crippen molar-refractivity contribution in [3.63, 3.8) is 0 Å². The molecular formula is C12H21N3O2S. The number of hydrogen-bond acceptors (Lipinski definition) is 4. The number of sulfonamides is 1. The van der Waals surface area contributed by atoms with Gasteiger partial charge in [-0.15, -0.1) is 0 Å². The fourth-order valence-electron chi connectivity index (χ4n) is 1.49. The molecule has 0 fully saturated rings. The van der Waals surface area contributed by atoms with Crippen LogP contribution in [-0.2, 0) is 10.0 Å². The molecule has 0 heterocycles. The molecule has 6 heteroatoms. The predicted molar refractivity (Wildman–Crippen MR) is 74.5 cm³/mol. The maximum atomic E-state index is 11.9. The van der Waals surface area contributed by atoms with Crippen LogP contribution in [0.1, 0.15) is 0 Å². The van der Waals surface area contributed by atoms with Gasteiger partial charge in [-0.3, -0.25) is 0 Å². The molecule has 5 nitrogen and oxygen atoms in total. The van der Waals surface area contributed by atoms with Crippen LogP contribution in [0.3, 0.4) is 0 Å². The van der Waals surface area contributed by atoms with Gasteiger partial charge in [0.2, 0.25) is 10.0 Å². The summed E-state index contributed by atoms with van der Waals surface area (Å²) >= 11 is 0. The molecule has 0 aliphatic heterocycles. The van der Waals surface area contributed by atoms with E-state index in [1.807, 2.05) is 26.2 Å². The molecule has 1 aromatic carbocycles. The summed E-state index contributed by atoms with van der Waals surface area (Å²) in [6.45, 7) is 1.75. The van der Waals surface area contributed by atoms with E-state index in [0.717, 1.165) is 18.8 Å². The first-order valence-electron chi connectivity index (χ1n) is 5.78. The van der Waals surface area contributed by atoms with Crippen LogP contribution in [0.5, 0.6) is 0 Å². The quantitative estimate of drug-likeness (QED) is 0.823. The molecule has 1 aromatic rings. The summed E-state index contributed by atoms with van der Waals surface area (Å²) in [6, 6.07) is 6.93. The normalized spacial score (nSPS) is 11.8. The van der Waals surface area contributed by atoms with Gasteiger partial charge in [-0.2, -0.15) is 0 Å². The van der Waals surface area contributed by atoms with Gasteiger partial charge in [0.05, 0.1) is 4.90 Å². The van der Waals surface area contributed by atoms with Crippen molar-refractivity contribution in [3.05, 3.63) is 24.3 Å². The second-order valence-electron chi connectivity index (χ2n) is 4.31. The average Bonchev–Trinajstić information content (AvgIpc) is 2.35. The Morgan fingerprint density at radius 2 is 1.67 bits per heavy atom. The molecule has 0 radical (unpaired) electrons.